The van der Waals surface area contributed by atoms with Gasteiger partial charge < -0.3 is 9.47 Å². The SMILES string of the molecule is C[C@@H](Oc1ccc2ccccc2c1)C(=O)N/N=C\c1ccc(OC(=O)c2cccs2)cc1. The number of carbonyl (C=O) groups excluding carboxylic acids is 2. The van der Waals surface area contributed by atoms with E-state index >= 15 is 0 Å². The van der Waals surface area contributed by atoms with Gasteiger partial charge >= 0.3 is 5.97 Å². The Morgan fingerprint density at radius 3 is 2.44 bits per heavy atom. The van der Waals surface area contributed by atoms with Crippen molar-refractivity contribution in [2.45, 2.75) is 13.0 Å². The first-order valence-corrected chi connectivity index (χ1v) is 10.8. The summed E-state index contributed by atoms with van der Waals surface area (Å²) >= 11 is 1.32. The molecule has 0 unspecified atom stereocenters. The van der Waals surface area contributed by atoms with Crippen LogP contribution in [0.1, 0.15) is 22.2 Å². The highest BCUT2D eigenvalue weighted by atomic mass is 32.1. The molecule has 4 rings (SSSR count). The fourth-order valence-corrected chi connectivity index (χ4v) is 3.53. The highest BCUT2D eigenvalue weighted by Crippen LogP contribution is 2.21. The summed E-state index contributed by atoms with van der Waals surface area (Å²) < 4.78 is 11.0. The molecule has 4 aromatic rings. The number of benzene rings is 3. The number of amides is 1. The second kappa shape index (κ2) is 9.89. The van der Waals surface area contributed by atoms with E-state index in [1.54, 1.807) is 43.3 Å². The topological polar surface area (TPSA) is 77.0 Å². The number of rotatable bonds is 7. The number of nitrogens with zero attached hydrogens (tertiary/aromatic N) is 1. The summed E-state index contributed by atoms with van der Waals surface area (Å²) in [4.78, 5) is 24.8. The maximum atomic E-state index is 12.3. The third kappa shape index (κ3) is 5.39. The van der Waals surface area contributed by atoms with Crippen LogP contribution in [0.2, 0.25) is 0 Å². The lowest BCUT2D eigenvalue weighted by atomic mass is 10.1. The van der Waals surface area contributed by atoms with E-state index in [-0.39, 0.29) is 5.91 Å². The first kappa shape index (κ1) is 21.3. The van der Waals surface area contributed by atoms with Gasteiger partial charge in [-0.15, -0.1) is 11.3 Å². The molecular formula is C25H20N2O4S. The number of nitrogens with one attached hydrogen (secondary N) is 1. The molecule has 0 spiro atoms. The second-order valence-corrected chi connectivity index (χ2v) is 7.89. The number of hydrogen-bond acceptors (Lipinski definition) is 6. The van der Waals surface area contributed by atoms with E-state index in [4.69, 9.17) is 9.47 Å². The molecule has 160 valence electrons. The molecule has 6 nitrogen and oxygen atoms in total. The number of ether oxygens (including phenoxy) is 2. The molecule has 3 aromatic carbocycles. The van der Waals surface area contributed by atoms with Crippen molar-refractivity contribution in [1.82, 2.24) is 5.43 Å². The van der Waals surface area contributed by atoms with Crippen molar-refractivity contribution < 1.29 is 19.1 Å². The van der Waals surface area contributed by atoms with Crippen LogP contribution in [-0.2, 0) is 4.79 Å². The Kier molecular flexibility index (Phi) is 6.57. The molecule has 0 aliphatic heterocycles. The van der Waals surface area contributed by atoms with Crippen LogP contribution in [0.25, 0.3) is 10.8 Å². The zero-order valence-electron chi connectivity index (χ0n) is 17.2. The van der Waals surface area contributed by atoms with Gasteiger partial charge in [-0.25, -0.2) is 10.2 Å². The number of fused-ring (bicyclic) bond motifs is 1. The summed E-state index contributed by atoms with van der Waals surface area (Å²) in [5, 5.41) is 7.94. The molecule has 0 saturated carbocycles. The van der Waals surface area contributed by atoms with Crippen LogP contribution in [0.4, 0.5) is 0 Å². The average Bonchev–Trinajstić information content (AvgIpc) is 3.35. The van der Waals surface area contributed by atoms with Crippen molar-refractivity contribution in [3.8, 4) is 11.5 Å². The Morgan fingerprint density at radius 1 is 0.938 bits per heavy atom. The summed E-state index contributed by atoms with van der Waals surface area (Å²) in [6, 6.07) is 23.9. The van der Waals surface area contributed by atoms with Crippen LogP contribution < -0.4 is 14.9 Å². The molecule has 0 bridgehead atoms. The van der Waals surface area contributed by atoms with Crippen LogP contribution in [0.3, 0.4) is 0 Å². The minimum atomic E-state index is -0.715. The number of carbonyl (C=O) groups is 2. The molecule has 0 aliphatic carbocycles. The number of hydrogen-bond donors (Lipinski definition) is 1. The first-order chi connectivity index (χ1) is 15.6. The maximum Gasteiger partial charge on any atom is 0.353 e. The van der Waals surface area contributed by atoms with Crippen LogP contribution >= 0.6 is 11.3 Å². The Bertz CT molecular complexity index is 1250. The lowest BCUT2D eigenvalue weighted by Gasteiger charge is -2.13. The fourth-order valence-electron chi connectivity index (χ4n) is 2.93. The van der Waals surface area contributed by atoms with E-state index in [9.17, 15) is 9.59 Å². The Hall–Kier alpha value is -3.97. The van der Waals surface area contributed by atoms with Gasteiger partial charge in [0, 0.05) is 0 Å². The van der Waals surface area contributed by atoms with E-state index in [0.717, 1.165) is 16.3 Å². The summed E-state index contributed by atoms with van der Waals surface area (Å²) in [6.07, 6.45) is 0.790. The van der Waals surface area contributed by atoms with Gasteiger partial charge in [0.15, 0.2) is 6.10 Å². The van der Waals surface area contributed by atoms with E-state index < -0.39 is 12.1 Å². The maximum absolute atomic E-state index is 12.3. The normalized spacial score (nSPS) is 11.9. The molecule has 0 fully saturated rings. The van der Waals surface area contributed by atoms with Crippen molar-refractivity contribution >= 4 is 40.2 Å². The lowest BCUT2D eigenvalue weighted by Crippen LogP contribution is -2.33. The van der Waals surface area contributed by atoms with Crippen LogP contribution in [-0.4, -0.2) is 24.2 Å². The van der Waals surface area contributed by atoms with Crippen molar-refractivity contribution in [2.24, 2.45) is 5.10 Å². The predicted octanol–water partition coefficient (Wildman–Crippen LogP) is 5.04. The quantitative estimate of drug-likeness (QED) is 0.188. The highest BCUT2D eigenvalue weighted by molar-refractivity contribution is 7.12. The number of esters is 1. The molecule has 32 heavy (non-hydrogen) atoms. The van der Waals surface area contributed by atoms with Gasteiger partial charge in [0.2, 0.25) is 0 Å². The van der Waals surface area contributed by atoms with E-state index in [2.05, 4.69) is 10.5 Å². The third-order valence-electron chi connectivity index (χ3n) is 4.60. The number of hydrazone groups is 1. The van der Waals surface area contributed by atoms with Crippen molar-refractivity contribution in [3.63, 3.8) is 0 Å². The fraction of sp³-hybridized carbons (Fsp3) is 0.0800. The van der Waals surface area contributed by atoms with Crippen LogP contribution in [0, 0.1) is 0 Å². The van der Waals surface area contributed by atoms with Crippen molar-refractivity contribution in [1.29, 1.82) is 0 Å². The molecule has 0 aliphatic rings. The number of thiophene rings is 1. The molecule has 1 aromatic heterocycles. The smallest absolute Gasteiger partial charge is 0.353 e. The zero-order chi connectivity index (χ0) is 22.3. The van der Waals surface area contributed by atoms with Gasteiger partial charge in [-0.05, 0) is 71.1 Å². The Balaban J connectivity index is 1.28. The van der Waals surface area contributed by atoms with E-state index in [1.165, 1.54) is 17.6 Å². The predicted molar refractivity (Wildman–Crippen MR) is 125 cm³/mol. The molecule has 0 radical (unpaired) electrons. The second-order valence-electron chi connectivity index (χ2n) is 6.94. The zero-order valence-corrected chi connectivity index (χ0v) is 18.0. The lowest BCUT2D eigenvalue weighted by molar-refractivity contribution is -0.127. The van der Waals surface area contributed by atoms with E-state index in [0.29, 0.717) is 16.4 Å². The third-order valence-corrected chi connectivity index (χ3v) is 5.45. The minimum Gasteiger partial charge on any atom is -0.481 e. The van der Waals surface area contributed by atoms with Crippen LogP contribution in [0.15, 0.2) is 89.3 Å². The molecule has 0 saturated heterocycles. The monoisotopic (exact) mass is 444 g/mol. The first-order valence-electron chi connectivity index (χ1n) is 9.92. The molecule has 1 amide bonds. The Morgan fingerprint density at radius 2 is 1.69 bits per heavy atom. The summed E-state index contributed by atoms with van der Waals surface area (Å²) in [6.45, 7) is 1.66. The van der Waals surface area contributed by atoms with Gasteiger partial charge in [0.05, 0.1) is 6.21 Å². The van der Waals surface area contributed by atoms with E-state index in [1.807, 2.05) is 47.8 Å². The van der Waals surface area contributed by atoms with Crippen LogP contribution in [0.5, 0.6) is 11.5 Å². The molecule has 1 N–H and O–H groups in total. The van der Waals surface area contributed by atoms with Gasteiger partial charge in [-0.1, -0.05) is 36.4 Å². The summed E-state index contributed by atoms with van der Waals surface area (Å²) in [5.74, 6) is 0.287. The van der Waals surface area contributed by atoms with Crippen molar-refractivity contribution in [3.05, 3.63) is 94.7 Å². The van der Waals surface area contributed by atoms with Crippen molar-refractivity contribution in [2.75, 3.05) is 0 Å². The van der Waals surface area contributed by atoms with Gasteiger partial charge in [0.25, 0.3) is 5.91 Å². The molecule has 1 atom stereocenters. The summed E-state index contributed by atoms with van der Waals surface area (Å²) in [5.41, 5.74) is 3.22. The molecular weight excluding hydrogens is 424 g/mol. The van der Waals surface area contributed by atoms with Gasteiger partial charge in [0.1, 0.15) is 16.4 Å². The average molecular weight is 445 g/mol. The molecule has 7 heteroatoms. The van der Waals surface area contributed by atoms with Gasteiger partial charge in [-0.3, -0.25) is 4.79 Å². The standard InChI is InChI=1S/C25H20N2O4S/c1-17(30-22-13-10-19-5-2-3-6-20(19)15-22)24(28)27-26-16-18-8-11-21(12-9-18)31-25(29)23-7-4-14-32-23/h2-17H,1H3,(H,27,28)/b26-16-/t17-/m1/s1. The Labute approximate surface area is 189 Å². The molecule has 1 heterocycles. The summed E-state index contributed by atoms with van der Waals surface area (Å²) in [7, 11) is 0. The largest absolute Gasteiger partial charge is 0.481 e. The minimum absolute atomic E-state index is 0.365. The van der Waals surface area contributed by atoms with Gasteiger partial charge in [-0.2, -0.15) is 5.10 Å². The highest BCUT2D eigenvalue weighted by Gasteiger charge is 2.14.